The van der Waals surface area contributed by atoms with E-state index in [4.69, 9.17) is 14.0 Å². The van der Waals surface area contributed by atoms with Crippen LogP contribution in [0.3, 0.4) is 0 Å². The van der Waals surface area contributed by atoms with Crippen LogP contribution in [0, 0.1) is 17.8 Å². The Hall–Kier alpha value is -3.64. The van der Waals surface area contributed by atoms with Crippen molar-refractivity contribution in [3.8, 4) is 0 Å². The fourth-order valence-corrected chi connectivity index (χ4v) is 5.75. The normalized spacial score (nSPS) is 22.5. The summed E-state index contributed by atoms with van der Waals surface area (Å²) < 4.78 is 50.2. The van der Waals surface area contributed by atoms with Crippen LogP contribution >= 0.6 is 0 Å². The highest BCUT2D eigenvalue weighted by molar-refractivity contribution is 5.93. The second-order valence-electron chi connectivity index (χ2n) is 11.3. The van der Waals surface area contributed by atoms with Gasteiger partial charge in [-0.3, -0.25) is 4.79 Å². The topological polar surface area (TPSA) is 126 Å². The maximum atomic E-state index is 13.4. The Kier molecular flexibility index (Phi) is 5.60. The molecule has 2 N–H and O–H groups in total. The molecule has 3 aromatic rings. The van der Waals surface area contributed by atoms with Crippen LogP contribution in [0.25, 0.3) is 11.1 Å². The van der Waals surface area contributed by atoms with Gasteiger partial charge in [-0.25, -0.2) is 14.4 Å². The monoisotopic (exact) mass is 544 g/mol. The Morgan fingerprint density at radius 2 is 1.87 bits per heavy atom. The predicted molar refractivity (Wildman–Crippen MR) is 128 cm³/mol. The molecular formula is C26H27F3N6O4. The number of amides is 3. The Morgan fingerprint density at radius 1 is 1.13 bits per heavy atom. The number of carbonyl (C=O) groups is 2. The largest absolute Gasteiger partial charge is 0.438 e. The highest BCUT2D eigenvalue weighted by atomic mass is 19.4. The molecule has 1 saturated heterocycles. The van der Waals surface area contributed by atoms with Crippen LogP contribution in [-0.4, -0.2) is 50.9 Å². The summed E-state index contributed by atoms with van der Waals surface area (Å²) in [4.78, 5) is 31.3. The molecule has 4 aliphatic rings. The van der Waals surface area contributed by atoms with E-state index in [1.54, 1.807) is 18.2 Å². The van der Waals surface area contributed by atoms with Crippen molar-refractivity contribution in [1.82, 2.24) is 30.8 Å². The summed E-state index contributed by atoms with van der Waals surface area (Å²) in [6.07, 6.45) is 1.76. The lowest BCUT2D eigenvalue weighted by atomic mass is 9.89. The van der Waals surface area contributed by atoms with Crippen molar-refractivity contribution in [2.75, 3.05) is 6.54 Å². The van der Waals surface area contributed by atoms with Gasteiger partial charge in [-0.1, -0.05) is 11.2 Å². The summed E-state index contributed by atoms with van der Waals surface area (Å²) in [6.45, 7) is -0.449. The first-order valence-corrected chi connectivity index (χ1v) is 13.4. The van der Waals surface area contributed by atoms with E-state index in [-0.39, 0.29) is 30.0 Å². The average Bonchev–Trinajstić information content (AvgIpc) is 3.84. The molecule has 2 atom stereocenters. The second kappa shape index (κ2) is 8.95. The fraction of sp³-hybridized carbons (Fsp3) is 0.577. The van der Waals surface area contributed by atoms with Gasteiger partial charge in [0.05, 0.1) is 6.54 Å². The molecule has 39 heavy (non-hydrogen) atoms. The average molecular weight is 545 g/mol. The van der Waals surface area contributed by atoms with E-state index in [9.17, 15) is 22.8 Å². The number of carbonyl (C=O) groups excluding carboxylic acids is 2. The summed E-state index contributed by atoms with van der Waals surface area (Å²) in [5.74, 6) is 1.35. The molecule has 13 heteroatoms. The van der Waals surface area contributed by atoms with Gasteiger partial charge >= 0.3 is 12.2 Å². The number of benzene rings is 1. The van der Waals surface area contributed by atoms with Gasteiger partial charge in [0.25, 0.3) is 5.91 Å². The van der Waals surface area contributed by atoms with Gasteiger partial charge in [-0.15, -0.1) is 0 Å². The zero-order valence-corrected chi connectivity index (χ0v) is 20.9. The summed E-state index contributed by atoms with van der Waals surface area (Å²) in [7, 11) is 0. The minimum atomic E-state index is -4.50. The fourth-order valence-electron chi connectivity index (χ4n) is 5.75. The van der Waals surface area contributed by atoms with Crippen LogP contribution in [-0.2, 0) is 6.54 Å². The smallest absolute Gasteiger partial charge is 0.410 e. The number of hydrogen-bond donors (Lipinski definition) is 2. The number of alkyl halides is 3. The lowest BCUT2D eigenvalue weighted by molar-refractivity contribution is -0.149. The third kappa shape index (κ3) is 4.82. The van der Waals surface area contributed by atoms with Crippen molar-refractivity contribution >= 4 is 23.0 Å². The van der Waals surface area contributed by atoms with Crippen molar-refractivity contribution < 1.29 is 31.8 Å². The number of aromatic nitrogens is 3. The SMILES string of the molecule is O=C(N[C@@H](c1nc2cc(CN3C[C@@H](C(F)(F)F)NC3=O)ccc2o1)C(C1CC1)C1CC1)c1nonc1C1CC1. The molecule has 0 bridgehead atoms. The first-order chi connectivity index (χ1) is 18.7. The van der Waals surface area contributed by atoms with Crippen LogP contribution in [0.15, 0.2) is 27.2 Å². The molecule has 2 aromatic heterocycles. The molecule has 1 aliphatic heterocycles. The van der Waals surface area contributed by atoms with E-state index >= 15 is 0 Å². The van der Waals surface area contributed by atoms with Crippen molar-refractivity contribution in [2.24, 2.45) is 17.8 Å². The number of urea groups is 1. The third-order valence-electron chi connectivity index (χ3n) is 8.19. The zero-order chi connectivity index (χ0) is 26.9. The maximum absolute atomic E-state index is 13.4. The molecule has 3 saturated carbocycles. The Bertz CT molecular complexity index is 1410. The van der Waals surface area contributed by atoms with E-state index in [2.05, 4.69) is 15.6 Å². The van der Waals surface area contributed by atoms with Crippen molar-refractivity contribution in [2.45, 2.75) is 69.2 Å². The summed E-state index contributed by atoms with van der Waals surface area (Å²) in [5, 5.41) is 12.9. The van der Waals surface area contributed by atoms with Gasteiger partial charge in [0.15, 0.2) is 11.3 Å². The summed E-state index contributed by atoms with van der Waals surface area (Å²) >= 11 is 0. The summed E-state index contributed by atoms with van der Waals surface area (Å²) in [6, 6.07) is 2.01. The molecule has 3 aliphatic carbocycles. The summed E-state index contributed by atoms with van der Waals surface area (Å²) in [5.41, 5.74) is 2.43. The van der Waals surface area contributed by atoms with Crippen molar-refractivity contribution in [3.05, 3.63) is 41.0 Å². The zero-order valence-electron chi connectivity index (χ0n) is 20.9. The number of hydrogen-bond acceptors (Lipinski definition) is 7. The number of halogens is 3. The Balaban J connectivity index is 1.15. The molecule has 10 nitrogen and oxygen atoms in total. The lowest BCUT2D eigenvalue weighted by Gasteiger charge is -2.25. The van der Waals surface area contributed by atoms with Gasteiger partial charge in [0.1, 0.15) is 23.3 Å². The molecule has 3 amide bonds. The van der Waals surface area contributed by atoms with Crippen LogP contribution < -0.4 is 10.6 Å². The Morgan fingerprint density at radius 3 is 2.51 bits per heavy atom. The molecule has 7 rings (SSSR count). The van der Waals surface area contributed by atoms with Crippen LogP contribution in [0.5, 0.6) is 0 Å². The number of rotatable bonds is 9. The van der Waals surface area contributed by atoms with Crippen molar-refractivity contribution in [1.29, 1.82) is 0 Å². The number of fused-ring (bicyclic) bond motifs is 1. The second-order valence-corrected chi connectivity index (χ2v) is 11.3. The molecule has 206 valence electrons. The first-order valence-electron chi connectivity index (χ1n) is 13.4. The Labute approximate surface area is 220 Å². The number of nitrogens with zero attached hydrogens (tertiary/aromatic N) is 4. The van der Waals surface area contributed by atoms with Crippen LogP contribution in [0.4, 0.5) is 18.0 Å². The minimum absolute atomic E-state index is 0.00653. The van der Waals surface area contributed by atoms with Gasteiger partial charge in [0, 0.05) is 12.5 Å². The molecule has 0 radical (unpaired) electrons. The molecule has 4 fully saturated rings. The molecule has 0 spiro atoms. The minimum Gasteiger partial charge on any atom is -0.438 e. The van der Waals surface area contributed by atoms with E-state index in [0.29, 0.717) is 40.1 Å². The highest BCUT2D eigenvalue weighted by Crippen LogP contribution is 2.54. The van der Waals surface area contributed by atoms with E-state index in [1.165, 1.54) is 0 Å². The van der Waals surface area contributed by atoms with Crippen LogP contribution in [0.1, 0.15) is 78.1 Å². The van der Waals surface area contributed by atoms with Gasteiger partial charge in [-0.2, -0.15) is 13.2 Å². The predicted octanol–water partition coefficient (Wildman–Crippen LogP) is 4.45. The molecule has 0 unspecified atom stereocenters. The van der Waals surface area contributed by atoms with Gasteiger partial charge in [0.2, 0.25) is 5.89 Å². The standard InChI is InChI=1S/C26H27F3N6O4/c27-26(28,29)18-11-35(25(37)31-18)10-12-1-8-17-16(9-12)30-24(38-17)21(19(13-2-3-13)14-4-5-14)32-23(36)22-20(15-6-7-15)33-39-34-22/h1,8-9,13-15,18-19,21H,2-7,10-11H2,(H,31,37)(H,32,36)/t18-,21+/m0/s1. The molecule has 3 heterocycles. The number of nitrogens with one attached hydrogen (secondary N) is 2. The molecule has 1 aromatic carbocycles. The quantitative estimate of drug-likeness (QED) is 0.408. The third-order valence-corrected chi connectivity index (χ3v) is 8.19. The van der Waals surface area contributed by atoms with Crippen LogP contribution in [0.2, 0.25) is 0 Å². The van der Waals surface area contributed by atoms with E-state index in [0.717, 1.165) is 43.4 Å². The molecular weight excluding hydrogens is 517 g/mol. The van der Waals surface area contributed by atoms with Gasteiger partial charge < -0.3 is 20.0 Å². The highest BCUT2D eigenvalue weighted by Gasteiger charge is 2.49. The number of oxazole rings is 1. The maximum Gasteiger partial charge on any atom is 0.410 e. The van der Waals surface area contributed by atoms with E-state index < -0.39 is 30.8 Å². The van der Waals surface area contributed by atoms with Gasteiger partial charge in [-0.05, 0) is 79.1 Å². The van der Waals surface area contributed by atoms with Crippen molar-refractivity contribution in [3.63, 3.8) is 0 Å². The van der Waals surface area contributed by atoms with E-state index in [1.807, 2.05) is 5.32 Å². The lowest BCUT2D eigenvalue weighted by Crippen LogP contribution is -2.40. The first kappa shape index (κ1) is 24.4.